The van der Waals surface area contributed by atoms with Crippen LogP contribution in [0.1, 0.15) is 29.8 Å². The van der Waals surface area contributed by atoms with E-state index >= 15 is 0 Å². The van der Waals surface area contributed by atoms with Crippen LogP contribution >= 0.6 is 0 Å². The van der Waals surface area contributed by atoms with Crippen molar-refractivity contribution in [2.75, 3.05) is 41.1 Å². The third-order valence-corrected chi connectivity index (χ3v) is 4.23. The standard InChI is InChI=1S/C22H29NO6/c1-6-28-17-9-8-15(12-18(17)29-7-2)10-11-23-22(24)16-13-19(25-3)21(27-5)20(14-16)26-4/h8-9,12-14H,6-7,10-11H2,1-5H3,(H,23,24). The van der Waals surface area contributed by atoms with Crippen LogP contribution in [0.15, 0.2) is 30.3 Å². The Labute approximate surface area is 171 Å². The Kier molecular flexibility index (Phi) is 8.45. The smallest absolute Gasteiger partial charge is 0.251 e. The van der Waals surface area contributed by atoms with E-state index in [4.69, 9.17) is 23.7 Å². The molecule has 2 aromatic carbocycles. The van der Waals surface area contributed by atoms with Crippen LogP contribution in [-0.2, 0) is 6.42 Å². The maximum Gasteiger partial charge on any atom is 0.251 e. The molecule has 1 N–H and O–H groups in total. The van der Waals surface area contributed by atoms with Crippen LogP contribution < -0.4 is 29.0 Å². The van der Waals surface area contributed by atoms with Crippen LogP contribution in [0.4, 0.5) is 0 Å². The van der Waals surface area contributed by atoms with Crippen LogP contribution in [0.25, 0.3) is 0 Å². The number of amides is 1. The molecular formula is C22H29NO6. The molecule has 29 heavy (non-hydrogen) atoms. The van der Waals surface area contributed by atoms with Gasteiger partial charge in [0.05, 0.1) is 34.5 Å². The van der Waals surface area contributed by atoms with Crippen molar-refractivity contribution in [1.82, 2.24) is 5.32 Å². The molecule has 7 nitrogen and oxygen atoms in total. The first-order valence-electron chi connectivity index (χ1n) is 9.54. The molecule has 0 spiro atoms. The summed E-state index contributed by atoms with van der Waals surface area (Å²) in [5.41, 5.74) is 1.48. The van der Waals surface area contributed by atoms with Gasteiger partial charge in [-0.15, -0.1) is 0 Å². The number of methoxy groups -OCH3 is 3. The third kappa shape index (κ3) is 5.70. The van der Waals surface area contributed by atoms with Crippen molar-refractivity contribution >= 4 is 5.91 Å². The van der Waals surface area contributed by atoms with Crippen molar-refractivity contribution in [2.45, 2.75) is 20.3 Å². The molecule has 1 amide bonds. The number of hydrogen-bond acceptors (Lipinski definition) is 6. The van der Waals surface area contributed by atoms with Gasteiger partial charge in [0, 0.05) is 12.1 Å². The number of carbonyl (C=O) groups is 1. The van der Waals surface area contributed by atoms with Gasteiger partial charge in [0.25, 0.3) is 5.91 Å². The van der Waals surface area contributed by atoms with Crippen LogP contribution in [0.3, 0.4) is 0 Å². The first kappa shape index (κ1) is 22.2. The van der Waals surface area contributed by atoms with E-state index < -0.39 is 0 Å². The van der Waals surface area contributed by atoms with Gasteiger partial charge in [0.1, 0.15) is 0 Å². The molecule has 158 valence electrons. The number of nitrogens with one attached hydrogen (secondary N) is 1. The monoisotopic (exact) mass is 403 g/mol. The molecular weight excluding hydrogens is 374 g/mol. The van der Waals surface area contributed by atoms with Gasteiger partial charge in [-0.2, -0.15) is 0 Å². The minimum atomic E-state index is -0.222. The Morgan fingerprint density at radius 3 is 2.00 bits per heavy atom. The second-order valence-electron chi connectivity index (χ2n) is 6.07. The highest BCUT2D eigenvalue weighted by molar-refractivity contribution is 5.95. The van der Waals surface area contributed by atoms with Gasteiger partial charge in [-0.25, -0.2) is 0 Å². The SMILES string of the molecule is CCOc1ccc(CCNC(=O)c2cc(OC)c(OC)c(OC)c2)cc1OCC. The second kappa shape index (κ2) is 11.0. The number of carbonyl (C=O) groups excluding carboxylic acids is 1. The molecule has 0 saturated heterocycles. The molecule has 0 aliphatic rings. The topological polar surface area (TPSA) is 75.3 Å². The van der Waals surface area contributed by atoms with Crippen molar-refractivity contribution in [3.8, 4) is 28.7 Å². The largest absolute Gasteiger partial charge is 0.493 e. The van der Waals surface area contributed by atoms with Crippen molar-refractivity contribution < 1.29 is 28.5 Å². The number of benzene rings is 2. The van der Waals surface area contributed by atoms with Gasteiger partial charge < -0.3 is 29.0 Å². The zero-order valence-corrected chi connectivity index (χ0v) is 17.7. The summed E-state index contributed by atoms with van der Waals surface area (Å²) in [6.45, 7) is 5.46. The van der Waals surface area contributed by atoms with Crippen molar-refractivity contribution in [3.63, 3.8) is 0 Å². The molecule has 0 atom stereocenters. The van der Waals surface area contributed by atoms with Gasteiger partial charge >= 0.3 is 0 Å². The lowest BCUT2D eigenvalue weighted by molar-refractivity contribution is 0.0953. The highest BCUT2D eigenvalue weighted by atomic mass is 16.5. The lowest BCUT2D eigenvalue weighted by Gasteiger charge is -2.14. The van der Waals surface area contributed by atoms with Gasteiger partial charge in [0.2, 0.25) is 5.75 Å². The van der Waals surface area contributed by atoms with Gasteiger partial charge in [0.15, 0.2) is 23.0 Å². The molecule has 0 radical (unpaired) electrons. The van der Waals surface area contributed by atoms with Crippen molar-refractivity contribution in [2.24, 2.45) is 0 Å². The zero-order valence-electron chi connectivity index (χ0n) is 17.7. The second-order valence-corrected chi connectivity index (χ2v) is 6.07. The summed E-state index contributed by atoms with van der Waals surface area (Å²) in [5.74, 6) is 2.53. The Hall–Kier alpha value is -3.09. The molecule has 7 heteroatoms. The van der Waals surface area contributed by atoms with E-state index in [-0.39, 0.29) is 5.91 Å². The van der Waals surface area contributed by atoms with Crippen LogP contribution in [0.2, 0.25) is 0 Å². The van der Waals surface area contributed by atoms with Crippen molar-refractivity contribution in [3.05, 3.63) is 41.5 Å². The number of rotatable bonds is 11. The molecule has 0 aliphatic carbocycles. The molecule has 0 fully saturated rings. The molecule has 2 aromatic rings. The fourth-order valence-corrected chi connectivity index (χ4v) is 2.89. The summed E-state index contributed by atoms with van der Waals surface area (Å²) < 4.78 is 27.1. The van der Waals surface area contributed by atoms with Crippen LogP contribution in [0.5, 0.6) is 28.7 Å². The minimum absolute atomic E-state index is 0.222. The number of hydrogen-bond donors (Lipinski definition) is 1. The fraction of sp³-hybridized carbons (Fsp3) is 0.409. The molecule has 0 aliphatic heterocycles. The predicted molar refractivity (Wildman–Crippen MR) is 111 cm³/mol. The molecule has 0 aromatic heterocycles. The van der Waals surface area contributed by atoms with Crippen molar-refractivity contribution in [1.29, 1.82) is 0 Å². The summed E-state index contributed by atoms with van der Waals surface area (Å²) in [4.78, 5) is 12.6. The number of ether oxygens (including phenoxy) is 5. The molecule has 0 heterocycles. The van der Waals surface area contributed by atoms with Gasteiger partial charge in [-0.1, -0.05) is 6.07 Å². The Bertz CT molecular complexity index is 796. The van der Waals surface area contributed by atoms with E-state index in [1.165, 1.54) is 21.3 Å². The summed E-state index contributed by atoms with van der Waals surface area (Å²) in [6, 6.07) is 9.06. The molecule has 2 rings (SSSR count). The van der Waals surface area contributed by atoms with E-state index in [0.29, 0.717) is 54.7 Å². The first-order valence-corrected chi connectivity index (χ1v) is 9.54. The van der Waals surface area contributed by atoms with Gasteiger partial charge in [-0.3, -0.25) is 4.79 Å². The Morgan fingerprint density at radius 2 is 1.45 bits per heavy atom. The third-order valence-electron chi connectivity index (χ3n) is 4.23. The molecule has 0 bridgehead atoms. The highest BCUT2D eigenvalue weighted by Gasteiger charge is 2.17. The zero-order chi connectivity index (χ0) is 21.2. The van der Waals surface area contributed by atoms with Gasteiger partial charge in [-0.05, 0) is 50.1 Å². The summed E-state index contributed by atoms with van der Waals surface area (Å²) in [5, 5.41) is 2.92. The average molecular weight is 403 g/mol. The summed E-state index contributed by atoms with van der Waals surface area (Å²) in [7, 11) is 4.55. The lowest BCUT2D eigenvalue weighted by atomic mass is 10.1. The predicted octanol–water partition coefficient (Wildman–Crippen LogP) is 3.48. The quantitative estimate of drug-likeness (QED) is 0.619. The minimum Gasteiger partial charge on any atom is -0.493 e. The van der Waals surface area contributed by atoms with E-state index in [1.54, 1.807) is 12.1 Å². The van der Waals surface area contributed by atoms with E-state index in [1.807, 2.05) is 32.0 Å². The fourth-order valence-electron chi connectivity index (χ4n) is 2.89. The van der Waals surface area contributed by atoms with Crippen LogP contribution in [-0.4, -0.2) is 47.0 Å². The first-order chi connectivity index (χ1) is 14.1. The Balaban J connectivity index is 2.05. The van der Waals surface area contributed by atoms with E-state index in [2.05, 4.69) is 5.32 Å². The average Bonchev–Trinajstić information content (AvgIpc) is 2.74. The highest BCUT2D eigenvalue weighted by Crippen LogP contribution is 2.38. The van der Waals surface area contributed by atoms with Crippen LogP contribution in [0, 0.1) is 0 Å². The lowest BCUT2D eigenvalue weighted by Crippen LogP contribution is -2.25. The Morgan fingerprint density at radius 1 is 0.828 bits per heavy atom. The molecule has 0 saturated carbocycles. The summed E-state index contributed by atoms with van der Waals surface area (Å²) in [6.07, 6.45) is 0.655. The van der Waals surface area contributed by atoms with E-state index in [9.17, 15) is 4.79 Å². The van der Waals surface area contributed by atoms with E-state index in [0.717, 1.165) is 11.3 Å². The normalized spacial score (nSPS) is 10.2. The summed E-state index contributed by atoms with van der Waals surface area (Å²) >= 11 is 0. The maximum absolute atomic E-state index is 12.6. The maximum atomic E-state index is 12.6. The molecule has 0 unspecified atom stereocenters.